The maximum atomic E-state index is 12.3. The number of esters is 1. The van der Waals surface area contributed by atoms with Gasteiger partial charge in [-0.15, -0.1) is 0 Å². The summed E-state index contributed by atoms with van der Waals surface area (Å²) >= 11 is 5.78. The van der Waals surface area contributed by atoms with Gasteiger partial charge in [0.25, 0.3) is 5.91 Å². The van der Waals surface area contributed by atoms with Crippen LogP contribution in [-0.4, -0.2) is 54.9 Å². The molecule has 0 unspecified atom stereocenters. The molecular formula is C20H23ClN2O6. The lowest BCUT2D eigenvalue weighted by Crippen LogP contribution is -2.38. The normalized spacial score (nSPS) is 20.9. The third-order valence-electron chi connectivity index (χ3n) is 5.09. The average Bonchev–Trinajstić information content (AvgIpc) is 2.96. The number of nitrogens with one attached hydrogen (secondary N) is 1. The molecular weight excluding hydrogens is 400 g/mol. The Morgan fingerprint density at radius 2 is 1.69 bits per heavy atom. The van der Waals surface area contributed by atoms with Gasteiger partial charge in [0.1, 0.15) is 18.9 Å². The number of imide groups is 1. The summed E-state index contributed by atoms with van der Waals surface area (Å²) in [4.78, 5) is 49.4. The van der Waals surface area contributed by atoms with Crippen molar-refractivity contribution < 1.29 is 28.7 Å². The molecule has 1 heterocycles. The molecule has 3 amide bonds. The largest absolute Gasteiger partial charge is 0.492 e. The molecule has 9 heteroatoms. The third kappa shape index (κ3) is 5.47. The van der Waals surface area contributed by atoms with E-state index in [4.69, 9.17) is 21.1 Å². The van der Waals surface area contributed by atoms with E-state index >= 15 is 0 Å². The molecule has 2 aliphatic rings. The summed E-state index contributed by atoms with van der Waals surface area (Å²) in [7, 11) is 0. The van der Waals surface area contributed by atoms with Crippen LogP contribution >= 0.6 is 11.6 Å². The number of fused-ring (bicyclic) bond motifs is 1. The first-order valence-electron chi connectivity index (χ1n) is 9.61. The molecule has 156 valence electrons. The maximum Gasteiger partial charge on any atom is 0.326 e. The van der Waals surface area contributed by atoms with Gasteiger partial charge < -0.3 is 14.8 Å². The number of amides is 3. The van der Waals surface area contributed by atoms with Crippen molar-refractivity contribution in [3.63, 3.8) is 0 Å². The molecule has 1 aromatic carbocycles. The van der Waals surface area contributed by atoms with Gasteiger partial charge in [0.05, 0.1) is 18.4 Å². The SMILES string of the molecule is O=C(COC(=O)CN1C(=O)[C@@H]2CCCC[C@H]2C1=O)NCCOc1ccc(Cl)cc1. The van der Waals surface area contributed by atoms with Gasteiger partial charge in [-0.1, -0.05) is 24.4 Å². The number of rotatable bonds is 8. The first kappa shape index (κ1) is 21.1. The first-order valence-corrected chi connectivity index (χ1v) is 9.99. The van der Waals surface area contributed by atoms with E-state index in [-0.39, 0.29) is 36.8 Å². The molecule has 1 saturated heterocycles. The lowest BCUT2D eigenvalue weighted by Gasteiger charge is -2.19. The molecule has 1 saturated carbocycles. The van der Waals surface area contributed by atoms with Crippen LogP contribution in [0.15, 0.2) is 24.3 Å². The Morgan fingerprint density at radius 1 is 1.07 bits per heavy atom. The molecule has 0 radical (unpaired) electrons. The van der Waals surface area contributed by atoms with Crippen LogP contribution in [0, 0.1) is 11.8 Å². The molecule has 8 nitrogen and oxygen atoms in total. The Kier molecular flexibility index (Phi) is 7.09. The molecule has 1 aromatic rings. The lowest BCUT2D eigenvalue weighted by atomic mass is 9.81. The smallest absolute Gasteiger partial charge is 0.326 e. The van der Waals surface area contributed by atoms with E-state index < -0.39 is 25.0 Å². The van der Waals surface area contributed by atoms with Crippen molar-refractivity contribution in [2.24, 2.45) is 11.8 Å². The monoisotopic (exact) mass is 422 g/mol. The average molecular weight is 423 g/mol. The van der Waals surface area contributed by atoms with E-state index in [1.165, 1.54) is 0 Å². The van der Waals surface area contributed by atoms with E-state index in [1.807, 2.05) is 0 Å². The quantitative estimate of drug-likeness (QED) is 0.387. The van der Waals surface area contributed by atoms with Gasteiger partial charge in [0.15, 0.2) is 6.61 Å². The molecule has 0 aromatic heterocycles. The van der Waals surface area contributed by atoms with Crippen LogP contribution in [0.25, 0.3) is 0 Å². The highest BCUT2D eigenvalue weighted by Crippen LogP contribution is 2.37. The summed E-state index contributed by atoms with van der Waals surface area (Å²) < 4.78 is 10.3. The van der Waals surface area contributed by atoms with Gasteiger partial charge in [-0.3, -0.25) is 24.1 Å². The van der Waals surface area contributed by atoms with Crippen LogP contribution in [-0.2, 0) is 23.9 Å². The van der Waals surface area contributed by atoms with E-state index in [0.29, 0.717) is 23.6 Å². The Bertz CT molecular complexity index is 758. The van der Waals surface area contributed by atoms with Crippen molar-refractivity contribution in [1.82, 2.24) is 10.2 Å². The number of nitrogens with zero attached hydrogens (tertiary/aromatic N) is 1. The van der Waals surface area contributed by atoms with E-state index in [1.54, 1.807) is 24.3 Å². The lowest BCUT2D eigenvalue weighted by molar-refractivity contribution is -0.154. The highest BCUT2D eigenvalue weighted by atomic mass is 35.5. The Morgan fingerprint density at radius 3 is 2.31 bits per heavy atom. The predicted octanol–water partition coefficient (Wildman–Crippen LogP) is 1.55. The Balaban J connectivity index is 1.33. The number of benzene rings is 1. The standard InChI is InChI=1S/C20H23ClN2O6/c21-13-5-7-14(8-6-13)28-10-9-22-17(24)12-29-18(25)11-23-19(26)15-3-1-2-4-16(15)20(23)27/h5-8,15-16H,1-4,9-12H2,(H,22,24)/t15-,16-/m1/s1. The van der Waals surface area contributed by atoms with Crippen LogP contribution in [0.5, 0.6) is 5.75 Å². The fraction of sp³-hybridized carbons (Fsp3) is 0.500. The van der Waals surface area contributed by atoms with Crippen molar-refractivity contribution in [2.75, 3.05) is 26.3 Å². The zero-order valence-corrected chi connectivity index (χ0v) is 16.7. The predicted molar refractivity (Wildman–Crippen MR) is 103 cm³/mol. The summed E-state index contributed by atoms with van der Waals surface area (Å²) in [6.07, 6.45) is 3.20. The number of likely N-dealkylation sites (tertiary alicyclic amines) is 1. The van der Waals surface area contributed by atoms with E-state index in [0.717, 1.165) is 17.7 Å². The van der Waals surface area contributed by atoms with Gasteiger partial charge in [0, 0.05) is 5.02 Å². The molecule has 1 aliphatic carbocycles. The number of ether oxygens (including phenoxy) is 2. The maximum absolute atomic E-state index is 12.3. The molecule has 3 rings (SSSR count). The van der Waals surface area contributed by atoms with Crippen molar-refractivity contribution in [3.8, 4) is 5.75 Å². The topological polar surface area (TPSA) is 102 Å². The van der Waals surface area contributed by atoms with E-state index in [9.17, 15) is 19.2 Å². The minimum Gasteiger partial charge on any atom is -0.492 e. The summed E-state index contributed by atoms with van der Waals surface area (Å²) in [6.45, 7) is -0.465. The van der Waals surface area contributed by atoms with Gasteiger partial charge in [-0.2, -0.15) is 0 Å². The summed E-state index contributed by atoms with van der Waals surface area (Å²) in [5.74, 6) is -1.89. The molecule has 1 N–H and O–H groups in total. The number of hydrogen-bond acceptors (Lipinski definition) is 6. The fourth-order valence-electron chi connectivity index (χ4n) is 3.65. The zero-order valence-electron chi connectivity index (χ0n) is 15.9. The van der Waals surface area contributed by atoms with Crippen LogP contribution in [0.2, 0.25) is 5.02 Å². The Labute approximate surface area is 173 Å². The van der Waals surface area contributed by atoms with Gasteiger partial charge in [0.2, 0.25) is 11.8 Å². The second kappa shape index (κ2) is 9.73. The van der Waals surface area contributed by atoms with Gasteiger partial charge in [-0.25, -0.2) is 0 Å². The molecule has 2 atom stereocenters. The molecule has 0 spiro atoms. The third-order valence-corrected chi connectivity index (χ3v) is 5.34. The second-order valence-electron chi connectivity index (χ2n) is 7.07. The summed E-state index contributed by atoms with van der Waals surface area (Å²) in [6, 6.07) is 6.81. The number of carbonyl (C=O) groups excluding carboxylic acids is 4. The van der Waals surface area contributed by atoms with Crippen LogP contribution in [0.3, 0.4) is 0 Å². The molecule has 2 fully saturated rings. The second-order valence-corrected chi connectivity index (χ2v) is 7.51. The van der Waals surface area contributed by atoms with Gasteiger partial charge in [-0.05, 0) is 37.1 Å². The minimum atomic E-state index is -0.780. The molecule has 1 aliphatic heterocycles. The summed E-state index contributed by atoms with van der Waals surface area (Å²) in [5.41, 5.74) is 0. The van der Waals surface area contributed by atoms with Crippen molar-refractivity contribution >= 4 is 35.3 Å². The van der Waals surface area contributed by atoms with Crippen molar-refractivity contribution in [2.45, 2.75) is 25.7 Å². The Hall–Kier alpha value is -2.61. The number of carbonyl (C=O) groups is 4. The summed E-state index contributed by atoms with van der Waals surface area (Å²) in [5, 5.41) is 3.16. The number of hydrogen-bond donors (Lipinski definition) is 1. The fourth-order valence-corrected chi connectivity index (χ4v) is 3.77. The van der Waals surface area contributed by atoms with Crippen LogP contribution in [0.4, 0.5) is 0 Å². The molecule has 29 heavy (non-hydrogen) atoms. The first-order chi connectivity index (χ1) is 14.0. The van der Waals surface area contributed by atoms with Crippen molar-refractivity contribution in [3.05, 3.63) is 29.3 Å². The zero-order chi connectivity index (χ0) is 20.8. The number of halogens is 1. The van der Waals surface area contributed by atoms with Crippen LogP contribution in [0.1, 0.15) is 25.7 Å². The highest BCUT2D eigenvalue weighted by molar-refractivity contribution is 6.30. The van der Waals surface area contributed by atoms with Gasteiger partial charge >= 0.3 is 5.97 Å². The minimum absolute atomic E-state index is 0.228. The van der Waals surface area contributed by atoms with E-state index in [2.05, 4.69) is 5.32 Å². The van der Waals surface area contributed by atoms with Crippen molar-refractivity contribution in [1.29, 1.82) is 0 Å². The van der Waals surface area contributed by atoms with Crippen LogP contribution < -0.4 is 10.1 Å². The molecule has 0 bridgehead atoms. The highest BCUT2D eigenvalue weighted by Gasteiger charge is 2.48.